The van der Waals surface area contributed by atoms with Crippen LogP contribution in [0.3, 0.4) is 0 Å². The molecule has 1 fully saturated rings. The average molecular weight is 451 g/mol. The number of cyclic esters (lactones) is 1. The molecule has 2 N–H and O–H groups in total. The third-order valence-corrected chi connectivity index (χ3v) is 5.74. The van der Waals surface area contributed by atoms with Gasteiger partial charge in [-0.15, -0.1) is 0 Å². The number of carbonyl (C=O) groups excluding carboxylic acids is 2. The minimum atomic E-state index is -0.549. The molecule has 0 bridgehead atoms. The van der Waals surface area contributed by atoms with Crippen molar-refractivity contribution in [1.82, 2.24) is 14.5 Å². The molecule has 2 aliphatic heterocycles. The second-order valence-electron chi connectivity index (χ2n) is 8.00. The Morgan fingerprint density at radius 1 is 1.15 bits per heavy atom. The van der Waals surface area contributed by atoms with Crippen molar-refractivity contribution >= 4 is 34.5 Å². The molecule has 11 heteroatoms. The smallest absolute Gasteiger partial charge is 0.415 e. The van der Waals surface area contributed by atoms with E-state index in [9.17, 15) is 19.2 Å². The molecule has 11 nitrogen and oxygen atoms in total. The van der Waals surface area contributed by atoms with E-state index < -0.39 is 17.9 Å². The topological polar surface area (TPSA) is 136 Å². The molecule has 3 aromatic rings. The van der Waals surface area contributed by atoms with E-state index in [0.717, 1.165) is 5.56 Å². The first kappa shape index (κ1) is 20.7. The number of benzene rings is 1. The number of hydrogen-bond acceptors (Lipinski definition) is 7. The zero-order valence-electron chi connectivity index (χ0n) is 17.8. The summed E-state index contributed by atoms with van der Waals surface area (Å²) >= 11 is 0. The SMILES string of the molecule is Cc1cccc2[nH]c(=O)n(CCC[C@@H]3CN(c4ccc5c(n4)NC(=O)CO5)C(=O)O3)c(=O)c12. The highest BCUT2D eigenvalue weighted by Gasteiger charge is 2.33. The maximum atomic E-state index is 12.8. The largest absolute Gasteiger partial charge is 0.480 e. The molecule has 170 valence electrons. The zero-order chi connectivity index (χ0) is 23.1. The highest BCUT2D eigenvalue weighted by atomic mass is 16.6. The number of nitrogens with zero attached hydrogens (tertiary/aromatic N) is 3. The van der Waals surface area contributed by atoms with Crippen LogP contribution in [0.4, 0.5) is 16.4 Å². The molecule has 33 heavy (non-hydrogen) atoms. The van der Waals surface area contributed by atoms with Crippen molar-refractivity contribution in [3.05, 3.63) is 56.7 Å². The van der Waals surface area contributed by atoms with Crippen molar-refractivity contribution in [2.75, 3.05) is 23.4 Å². The van der Waals surface area contributed by atoms with Gasteiger partial charge < -0.3 is 19.8 Å². The minimum absolute atomic E-state index is 0.0788. The van der Waals surface area contributed by atoms with Gasteiger partial charge in [0.1, 0.15) is 11.9 Å². The summed E-state index contributed by atoms with van der Waals surface area (Å²) in [6, 6.07) is 8.57. The van der Waals surface area contributed by atoms with Crippen LogP contribution in [0.1, 0.15) is 18.4 Å². The van der Waals surface area contributed by atoms with Crippen LogP contribution >= 0.6 is 0 Å². The van der Waals surface area contributed by atoms with E-state index in [1.165, 1.54) is 9.47 Å². The van der Waals surface area contributed by atoms with Gasteiger partial charge >= 0.3 is 11.8 Å². The third kappa shape index (κ3) is 3.81. The molecule has 0 aliphatic carbocycles. The second-order valence-corrected chi connectivity index (χ2v) is 8.00. The summed E-state index contributed by atoms with van der Waals surface area (Å²) in [7, 11) is 0. The maximum Gasteiger partial charge on any atom is 0.415 e. The Hall–Kier alpha value is -4.15. The number of aryl methyl sites for hydroxylation is 1. The number of fused-ring (bicyclic) bond motifs is 2. The number of pyridine rings is 1. The summed E-state index contributed by atoms with van der Waals surface area (Å²) in [4.78, 5) is 57.5. The van der Waals surface area contributed by atoms with Crippen LogP contribution in [-0.4, -0.2) is 45.8 Å². The van der Waals surface area contributed by atoms with E-state index in [1.807, 2.05) is 13.0 Å². The van der Waals surface area contributed by atoms with Gasteiger partial charge in [0.25, 0.3) is 11.5 Å². The lowest BCUT2D eigenvalue weighted by atomic mass is 10.1. The molecule has 2 aromatic heterocycles. The first-order valence-corrected chi connectivity index (χ1v) is 10.5. The Kier molecular flexibility index (Phi) is 5.08. The number of amides is 2. The summed E-state index contributed by atoms with van der Waals surface area (Å²) in [5.41, 5.74) is 0.507. The molecule has 1 atom stereocenters. The van der Waals surface area contributed by atoms with Gasteiger partial charge in [-0.25, -0.2) is 14.6 Å². The summed E-state index contributed by atoms with van der Waals surface area (Å²) in [5, 5.41) is 3.10. The molecular formula is C22H21N5O6. The second kappa shape index (κ2) is 8.08. The van der Waals surface area contributed by atoms with Crippen molar-refractivity contribution in [2.45, 2.75) is 32.4 Å². The van der Waals surface area contributed by atoms with Crippen molar-refractivity contribution < 1.29 is 19.1 Å². The summed E-state index contributed by atoms with van der Waals surface area (Å²) in [5.74, 6) is 0.710. The van der Waals surface area contributed by atoms with Crippen molar-refractivity contribution in [2.24, 2.45) is 0 Å². The van der Waals surface area contributed by atoms with Crippen LogP contribution in [0.5, 0.6) is 5.75 Å². The molecule has 0 saturated carbocycles. The monoisotopic (exact) mass is 451 g/mol. The first-order valence-electron chi connectivity index (χ1n) is 10.5. The van der Waals surface area contributed by atoms with Gasteiger partial charge in [0, 0.05) is 6.54 Å². The average Bonchev–Trinajstić information content (AvgIpc) is 3.15. The standard InChI is InChI=1S/C22H21N5O6/c1-12-4-2-6-14-18(12)20(29)26(21(30)23-14)9-3-5-13-10-27(22(31)33-13)16-8-7-15-19(24-16)25-17(28)11-32-15/h2,4,6-8,13H,3,5,9-11H2,1H3,(H,23,30)(H,24,25,28)/t13-/m1/s1. The molecule has 1 saturated heterocycles. The Morgan fingerprint density at radius 3 is 2.85 bits per heavy atom. The van der Waals surface area contributed by atoms with E-state index in [0.29, 0.717) is 35.3 Å². The van der Waals surface area contributed by atoms with Gasteiger partial charge in [-0.3, -0.25) is 19.1 Å². The van der Waals surface area contributed by atoms with Gasteiger partial charge in [0.2, 0.25) is 0 Å². The zero-order valence-corrected chi connectivity index (χ0v) is 17.8. The predicted molar refractivity (Wildman–Crippen MR) is 119 cm³/mol. The van der Waals surface area contributed by atoms with Crippen molar-refractivity contribution in [1.29, 1.82) is 0 Å². The van der Waals surface area contributed by atoms with Crippen molar-refractivity contribution in [3.63, 3.8) is 0 Å². The molecule has 1 aromatic carbocycles. The fraction of sp³-hybridized carbons (Fsp3) is 0.318. The van der Waals surface area contributed by atoms with Gasteiger partial charge in [0.15, 0.2) is 18.2 Å². The molecule has 5 rings (SSSR count). The normalized spacial score (nSPS) is 17.5. The first-order chi connectivity index (χ1) is 15.9. The molecule has 2 amide bonds. The summed E-state index contributed by atoms with van der Waals surface area (Å²) in [6.07, 6.45) is -0.0386. The Balaban J connectivity index is 1.26. The van der Waals surface area contributed by atoms with Gasteiger partial charge in [-0.05, 0) is 43.5 Å². The molecule has 0 spiro atoms. The lowest BCUT2D eigenvalue weighted by Crippen LogP contribution is -2.35. The fourth-order valence-electron chi connectivity index (χ4n) is 4.11. The molecule has 2 aliphatic rings. The van der Waals surface area contributed by atoms with Crippen LogP contribution in [0.25, 0.3) is 10.9 Å². The lowest BCUT2D eigenvalue weighted by Gasteiger charge is -2.19. The highest BCUT2D eigenvalue weighted by molar-refractivity contribution is 5.95. The van der Waals surface area contributed by atoms with Crippen LogP contribution in [0.2, 0.25) is 0 Å². The fourth-order valence-corrected chi connectivity index (χ4v) is 4.11. The molecule has 0 unspecified atom stereocenters. The Labute approximate surface area is 186 Å². The number of carbonyl (C=O) groups is 2. The van der Waals surface area contributed by atoms with E-state index in [-0.39, 0.29) is 37.0 Å². The minimum Gasteiger partial charge on any atom is -0.480 e. The number of aromatic amines is 1. The maximum absolute atomic E-state index is 12.8. The van der Waals surface area contributed by atoms with E-state index >= 15 is 0 Å². The molecular weight excluding hydrogens is 430 g/mol. The molecule has 0 radical (unpaired) electrons. The quantitative estimate of drug-likeness (QED) is 0.600. The molecule has 4 heterocycles. The van der Waals surface area contributed by atoms with Crippen LogP contribution in [-0.2, 0) is 16.1 Å². The van der Waals surface area contributed by atoms with Gasteiger partial charge in [-0.2, -0.15) is 0 Å². The van der Waals surface area contributed by atoms with Gasteiger partial charge in [-0.1, -0.05) is 12.1 Å². The van der Waals surface area contributed by atoms with E-state index in [4.69, 9.17) is 9.47 Å². The summed E-state index contributed by atoms with van der Waals surface area (Å²) in [6.45, 7) is 2.21. The number of aromatic nitrogens is 3. The Morgan fingerprint density at radius 2 is 2.00 bits per heavy atom. The Bertz CT molecular complexity index is 1390. The third-order valence-electron chi connectivity index (χ3n) is 5.74. The summed E-state index contributed by atoms with van der Waals surface area (Å²) < 4.78 is 11.9. The number of rotatable bonds is 5. The highest BCUT2D eigenvalue weighted by Crippen LogP contribution is 2.30. The van der Waals surface area contributed by atoms with Crippen LogP contribution in [0.15, 0.2) is 39.9 Å². The number of nitrogens with one attached hydrogen (secondary N) is 2. The predicted octanol–water partition coefficient (Wildman–Crippen LogP) is 1.53. The number of H-pyrrole nitrogens is 1. The number of ether oxygens (including phenoxy) is 2. The van der Waals surface area contributed by atoms with Crippen molar-refractivity contribution in [3.8, 4) is 5.75 Å². The van der Waals surface area contributed by atoms with E-state index in [1.54, 1.807) is 24.3 Å². The number of anilines is 2. The number of hydrogen-bond donors (Lipinski definition) is 2. The van der Waals surface area contributed by atoms with E-state index in [2.05, 4.69) is 15.3 Å². The lowest BCUT2D eigenvalue weighted by molar-refractivity contribution is -0.118. The van der Waals surface area contributed by atoms with Crippen LogP contribution < -0.4 is 26.2 Å². The van der Waals surface area contributed by atoms with Crippen LogP contribution in [0, 0.1) is 6.92 Å². The van der Waals surface area contributed by atoms with Gasteiger partial charge in [0.05, 0.1) is 17.4 Å².